The number of benzene rings is 2. The van der Waals surface area contributed by atoms with Gasteiger partial charge in [-0.1, -0.05) is 0 Å². The van der Waals surface area contributed by atoms with Crippen molar-refractivity contribution in [1.29, 1.82) is 0 Å². The summed E-state index contributed by atoms with van der Waals surface area (Å²) in [5.41, 5.74) is 2.53. The number of rotatable bonds is 3. The molecule has 0 heterocycles. The third-order valence-corrected chi connectivity index (χ3v) is 3.33. The highest BCUT2D eigenvalue weighted by Gasteiger charge is 2.07. The first-order valence-corrected chi connectivity index (χ1v) is 6.32. The van der Waals surface area contributed by atoms with E-state index in [0.717, 1.165) is 11.3 Å². The molecule has 0 saturated heterocycles. The van der Waals surface area contributed by atoms with Gasteiger partial charge in [-0.25, -0.2) is 9.18 Å². The lowest BCUT2D eigenvalue weighted by atomic mass is 10.1. The molecule has 0 aliphatic carbocycles. The summed E-state index contributed by atoms with van der Waals surface area (Å²) in [7, 11) is 0. The fourth-order valence-corrected chi connectivity index (χ4v) is 2.12. The lowest BCUT2D eigenvalue weighted by Gasteiger charge is -2.11. The van der Waals surface area contributed by atoms with Crippen LogP contribution in [0.4, 0.5) is 15.8 Å². The van der Waals surface area contributed by atoms with Crippen LogP contribution in [0.2, 0.25) is 0 Å². The zero-order chi connectivity index (χ0) is 14.0. The van der Waals surface area contributed by atoms with Crippen LogP contribution in [0, 0.1) is 12.7 Å². The number of nitrogens with one attached hydrogen (secondary N) is 1. The van der Waals surface area contributed by atoms with E-state index in [2.05, 4.69) is 21.2 Å². The van der Waals surface area contributed by atoms with Gasteiger partial charge in [-0.05, 0) is 64.8 Å². The molecule has 5 heteroatoms. The molecule has 0 unspecified atom stereocenters. The fourth-order valence-electron chi connectivity index (χ4n) is 1.67. The first-order valence-electron chi connectivity index (χ1n) is 5.53. The van der Waals surface area contributed by atoms with Gasteiger partial charge in [-0.15, -0.1) is 0 Å². The summed E-state index contributed by atoms with van der Waals surface area (Å²) in [6.45, 7) is 1.81. The first-order chi connectivity index (χ1) is 8.97. The van der Waals surface area contributed by atoms with Gasteiger partial charge in [0, 0.05) is 10.2 Å². The van der Waals surface area contributed by atoms with E-state index in [1.54, 1.807) is 18.2 Å². The van der Waals surface area contributed by atoms with Crippen molar-refractivity contribution in [2.45, 2.75) is 6.92 Å². The van der Waals surface area contributed by atoms with Gasteiger partial charge >= 0.3 is 5.97 Å². The molecule has 3 nitrogen and oxygen atoms in total. The highest BCUT2D eigenvalue weighted by Crippen LogP contribution is 2.28. The molecule has 0 bridgehead atoms. The lowest BCUT2D eigenvalue weighted by Crippen LogP contribution is -1.99. The Morgan fingerprint density at radius 1 is 1.21 bits per heavy atom. The fraction of sp³-hybridized carbons (Fsp3) is 0.0714. The van der Waals surface area contributed by atoms with Gasteiger partial charge in [0.15, 0.2) is 0 Å². The quantitative estimate of drug-likeness (QED) is 0.883. The van der Waals surface area contributed by atoms with Crippen LogP contribution < -0.4 is 5.32 Å². The zero-order valence-corrected chi connectivity index (χ0v) is 11.7. The van der Waals surface area contributed by atoms with Gasteiger partial charge < -0.3 is 10.4 Å². The molecular weight excluding hydrogens is 313 g/mol. The average molecular weight is 324 g/mol. The van der Waals surface area contributed by atoms with Gasteiger partial charge in [0.1, 0.15) is 5.82 Å². The van der Waals surface area contributed by atoms with Crippen molar-refractivity contribution >= 4 is 33.3 Å². The third-order valence-electron chi connectivity index (χ3n) is 2.67. The van der Waals surface area contributed by atoms with Crippen LogP contribution in [0.25, 0.3) is 0 Å². The Kier molecular flexibility index (Phi) is 3.85. The van der Waals surface area contributed by atoms with E-state index in [0.29, 0.717) is 10.2 Å². The molecule has 2 rings (SSSR count). The smallest absolute Gasteiger partial charge is 0.335 e. The minimum absolute atomic E-state index is 0.237. The summed E-state index contributed by atoms with van der Waals surface area (Å²) in [6.07, 6.45) is 0. The van der Waals surface area contributed by atoms with Crippen molar-refractivity contribution in [3.8, 4) is 0 Å². The predicted molar refractivity (Wildman–Crippen MR) is 75.5 cm³/mol. The molecule has 0 radical (unpaired) electrons. The third kappa shape index (κ3) is 3.12. The molecule has 0 aliphatic rings. The number of carboxylic acid groups (broad SMARTS) is 1. The molecule has 0 atom stereocenters. The Morgan fingerprint density at radius 3 is 2.47 bits per heavy atom. The highest BCUT2D eigenvalue weighted by molar-refractivity contribution is 9.10. The average Bonchev–Trinajstić information content (AvgIpc) is 2.34. The summed E-state index contributed by atoms with van der Waals surface area (Å²) in [6, 6.07) is 9.13. The van der Waals surface area contributed by atoms with Crippen molar-refractivity contribution in [3.63, 3.8) is 0 Å². The van der Waals surface area contributed by atoms with E-state index in [4.69, 9.17) is 5.11 Å². The van der Waals surface area contributed by atoms with E-state index in [9.17, 15) is 9.18 Å². The second kappa shape index (κ2) is 5.40. The summed E-state index contributed by atoms with van der Waals surface area (Å²) in [5, 5.41) is 12.0. The number of hydrogen-bond acceptors (Lipinski definition) is 2. The van der Waals surface area contributed by atoms with E-state index < -0.39 is 5.97 Å². The Balaban J connectivity index is 2.31. The number of hydrogen-bond donors (Lipinski definition) is 2. The number of aryl methyl sites for hydroxylation is 1. The second-order valence-corrected chi connectivity index (χ2v) is 4.94. The molecule has 2 aromatic carbocycles. The minimum atomic E-state index is -0.961. The van der Waals surface area contributed by atoms with Gasteiger partial charge in [0.2, 0.25) is 0 Å². The Morgan fingerprint density at radius 2 is 1.89 bits per heavy atom. The number of carbonyl (C=O) groups is 1. The molecule has 0 amide bonds. The standard InChI is InChI=1S/C14H11BrFNO2/c1-8-6-9(14(18)19)2-4-12(8)17-13-5-3-10(16)7-11(13)15/h2-7,17H,1H3,(H,18,19). The molecule has 0 saturated carbocycles. The van der Waals surface area contributed by atoms with Gasteiger partial charge in [0.05, 0.1) is 11.3 Å². The number of anilines is 2. The van der Waals surface area contributed by atoms with Gasteiger partial charge in [-0.2, -0.15) is 0 Å². The van der Waals surface area contributed by atoms with Gasteiger partial charge in [-0.3, -0.25) is 0 Å². The largest absolute Gasteiger partial charge is 0.478 e. The Bertz CT molecular complexity index is 643. The summed E-state index contributed by atoms with van der Waals surface area (Å²) < 4.78 is 13.6. The van der Waals surface area contributed by atoms with Crippen LogP contribution >= 0.6 is 15.9 Å². The van der Waals surface area contributed by atoms with Crippen molar-refractivity contribution < 1.29 is 14.3 Å². The Hall–Kier alpha value is -1.88. The molecule has 0 aromatic heterocycles. The van der Waals surface area contributed by atoms with Gasteiger partial charge in [0.25, 0.3) is 0 Å². The van der Waals surface area contributed by atoms with Crippen LogP contribution in [0.1, 0.15) is 15.9 Å². The predicted octanol–water partition coefficient (Wildman–Crippen LogP) is 4.34. The minimum Gasteiger partial charge on any atom is -0.478 e. The van der Waals surface area contributed by atoms with E-state index in [1.807, 2.05) is 6.92 Å². The van der Waals surface area contributed by atoms with Crippen LogP contribution in [-0.2, 0) is 0 Å². The maximum Gasteiger partial charge on any atom is 0.335 e. The number of halogens is 2. The SMILES string of the molecule is Cc1cc(C(=O)O)ccc1Nc1ccc(F)cc1Br. The van der Waals surface area contributed by atoms with Crippen LogP contribution in [0.3, 0.4) is 0 Å². The van der Waals surface area contributed by atoms with Crippen molar-refractivity contribution in [2.75, 3.05) is 5.32 Å². The molecule has 98 valence electrons. The maximum absolute atomic E-state index is 13.0. The van der Waals surface area contributed by atoms with Crippen LogP contribution in [0.15, 0.2) is 40.9 Å². The second-order valence-electron chi connectivity index (χ2n) is 4.08. The summed E-state index contributed by atoms with van der Waals surface area (Å²) in [4.78, 5) is 10.8. The highest BCUT2D eigenvalue weighted by atomic mass is 79.9. The van der Waals surface area contributed by atoms with Crippen molar-refractivity contribution in [3.05, 3.63) is 57.8 Å². The summed E-state index contributed by atoms with van der Waals surface area (Å²) in [5.74, 6) is -1.28. The topological polar surface area (TPSA) is 49.3 Å². The molecular formula is C14H11BrFNO2. The molecule has 2 aromatic rings. The molecule has 19 heavy (non-hydrogen) atoms. The zero-order valence-electron chi connectivity index (χ0n) is 10.1. The van der Waals surface area contributed by atoms with Crippen LogP contribution in [-0.4, -0.2) is 11.1 Å². The first kappa shape index (κ1) is 13.5. The number of aromatic carboxylic acids is 1. The van der Waals surface area contributed by atoms with E-state index >= 15 is 0 Å². The molecule has 0 spiro atoms. The normalized spacial score (nSPS) is 10.3. The number of carboxylic acids is 1. The van der Waals surface area contributed by atoms with E-state index in [-0.39, 0.29) is 11.4 Å². The van der Waals surface area contributed by atoms with Crippen molar-refractivity contribution in [2.24, 2.45) is 0 Å². The maximum atomic E-state index is 13.0. The summed E-state index contributed by atoms with van der Waals surface area (Å²) >= 11 is 3.27. The van der Waals surface area contributed by atoms with Crippen molar-refractivity contribution in [1.82, 2.24) is 0 Å². The van der Waals surface area contributed by atoms with E-state index in [1.165, 1.54) is 18.2 Å². The Labute approximate surface area is 118 Å². The monoisotopic (exact) mass is 323 g/mol. The molecule has 0 fully saturated rings. The molecule has 0 aliphatic heterocycles. The lowest BCUT2D eigenvalue weighted by molar-refractivity contribution is 0.0697. The van der Waals surface area contributed by atoms with Crippen LogP contribution in [0.5, 0.6) is 0 Å². The molecule has 2 N–H and O–H groups in total.